The van der Waals surface area contributed by atoms with E-state index in [0.717, 1.165) is 27.2 Å². The van der Waals surface area contributed by atoms with Crippen LogP contribution in [0.1, 0.15) is 43.7 Å². The van der Waals surface area contributed by atoms with E-state index in [1.165, 1.54) is 12.1 Å². The normalized spacial score (nSPS) is 15.0. The molecule has 1 aliphatic rings. The summed E-state index contributed by atoms with van der Waals surface area (Å²) >= 11 is 3.39. The lowest BCUT2D eigenvalue weighted by Gasteiger charge is -2.19. The van der Waals surface area contributed by atoms with Crippen molar-refractivity contribution >= 4 is 21.7 Å². The first-order valence-corrected chi connectivity index (χ1v) is 12.0. The van der Waals surface area contributed by atoms with Crippen LogP contribution in [-0.2, 0) is 20.0 Å². The molecule has 0 spiro atoms. The SMILES string of the molecule is C[C@@H](Oc1cc(Br)cnc1N)c1ccc(F)cc1-c1nn(C)cc1Cc1cc2n(n1)CC(C)(C)O2. The Hall–Kier alpha value is -3.40. The topological polar surface area (TPSA) is 93.0 Å². The highest BCUT2D eigenvalue weighted by molar-refractivity contribution is 9.10. The summed E-state index contributed by atoms with van der Waals surface area (Å²) in [5.74, 6) is 1.12. The molecule has 0 bridgehead atoms. The van der Waals surface area contributed by atoms with Gasteiger partial charge in [0.1, 0.15) is 17.5 Å². The molecular formula is C25H26BrFN6O2. The van der Waals surface area contributed by atoms with Crippen molar-refractivity contribution in [2.75, 3.05) is 5.73 Å². The third kappa shape index (κ3) is 4.75. The van der Waals surface area contributed by atoms with E-state index in [9.17, 15) is 4.39 Å². The Morgan fingerprint density at radius 3 is 2.83 bits per heavy atom. The van der Waals surface area contributed by atoms with Crippen LogP contribution >= 0.6 is 15.9 Å². The molecule has 1 aliphatic heterocycles. The Balaban J connectivity index is 1.48. The summed E-state index contributed by atoms with van der Waals surface area (Å²) in [7, 11) is 1.85. The standard InChI is InChI=1S/C25H26BrFN6O2/c1-14(34-21-8-16(26)11-29-24(21)28)19-6-5-17(27)9-20(19)23-15(12-32(4)31-23)7-18-10-22-33(30-18)13-25(2,3)35-22/h5-6,8-12,14H,7,13H2,1-4H3,(H2,28,29)/t14-/m1/s1. The van der Waals surface area contributed by atoms with Gasteiger partial charge in [0.05, 0.1) is 17.9 Å². The van der Waals surface area contributed by atoms with Crippen molar-refractivity contribution in [3.63, 3.8) is 0 Å². The van der Waals surface area contributed by atoms with Crippen molar-refractivity contribution in [2.45, 2.75) is 45.4 Å². The molecule has 0 aliphatic carbocycles. The van der Waals surface area contributed by atoms with Gasteiger partial charge >= 0.3 is 0 Å². The lowest BCUT2D eigenvalue weighted by Crippen LogP contribution is -2.26. The molecule has 3 aromatic heterocycles. The summed E-state index contributed by atoms with van der Waals surface area (Å²) in [6, 6.07) is 8.34. The van der Waals surface area contributed by atoms with E-state index in [2.05, 4.69) is 26.0 Å². The number of hydrogen-bond acceptors (Lipinski definition) is 6. The average Bonchev–Trinajstić information content (AvgIpc) is 3.40. The monoisotopic (exact) mass is 540 g/mol. The highest BCUT2D eigenvalue weighted by Gasteiger charge is 2.31. The van der Waals surface area contributed by atoms with Gasteiger partial charge in [0.15, 0.2) is 11.6 Å². The number of anilines is 1. The lowest BCUT2D eigenvalue weighted by atomic mass is 9.96. The maximum absolute atomic E-state index is 14.4. The second-order valence-electron chi connectivity index (χ2n) is 9.38. The van der Waals surface area contributed by atoms with Crippen LogP contribution in [0.2, 0.25) is 0 Å². The molecule has 10 heteroatoms. The highest BCUT2D eigenvalue weighted by atomic mass is 79.9. The number of nitrogens with two attached hydrogens (primary N) is 1. The van der Waals surface area contributed by atoms with Crippen molar-refractivity contribution in [3.8, 4) is 22.9 Å². The summed E-state index contributed by atoms with van der Waals surface area (Å²) in [6.07, 6.45) is 3.63. The van der Waals surface area contributed by atoms with Gasteiger partial charge in [-0.25, -0.2) is 14.1 Å². The molecule has 35 heavy (non-hydrogen) atoms. The zero-order valence-electron chi connectivity index (χ0n) is 19.9. The van der Waals surface area contributed by atoms with Gasteiger partial charge in [0.2, 0.25) is 5.88 Å². The minimum atomic E-state index is -0.439. The predicted molar refractivity (Wildman–Crippen MR) is 134 cm³/mol. The second kappa shape index (κ2) is 8.67. The number of rotatable bonds is 6. The maximum atomic E-state index is 14.4. The van der Waals surface area contributed by atoms with Crippen LogP contribution < -0.4 is 15.2 Å². The zero-order valence-corrected chi connectivity index (χ0v) is 21.5. The number of ether oxygens (including phenoxy) is 2. The van der Waals surface area contributed by atoms with E-state index >= 15 is 0 Å². The number of benzene rings is 1. The molecule has 182 valence electrons. The van der Waals surface area contributed by atoms with Gasteiger partial charge in [0, 0.05) is 53.1 Å². The molecule has 0 unspecified atom stereocenters. The number of halogens is 2. The minimum absolute atomic E-state index is 0.264. The van der Waals surface area contributed by atoms with Gasteiger partial charge < -0.3 is 15.2 Å². The molecular weight excluding hydrogens is 515 g/mol. The van der Waals surface area contributed by atoms with Crippen LogP contribution in [0.4, 0.5) is 10.2 Å². The van der Waals surface area contributed by atoms with Crippen molar-refractivity contribution in [1.82, 2.24) is 24.5 Å². The van der Waals surface area contributed by atoms with Gasteiger partial charge in [-0.05, 0) is 54.9 Å². The van der Waals surface area contributed by atoms with E-state index in [1.54, 1.807) is 23.0 Å². The number of fused-ring (bicyclic) bond motifs is 1. The van der Waals surface area contributed by atoms with Crippen molar-refractivity contribution in [1.29, 1.82) is 0 Å². The molecule has 0 amide bonds. The fourth-order valence-electron chi connectivity index (χ4n) is 4.36. The summed E-state index contributed by atoms with van der Waals surface area (Å²) in [4.78, 5) is 4.13. The van der Waals surface area contributed by atoms with E-state index in [-0.39, 0.29) is 17.2 Å². The summed E-state index contributed by atoms with van der Waals surface area (Å²) in [6.45, 7) is 6.65. The Labute approximate surface area is 211 Å². The van der Waals surface area contributed by atoms with Crippen LogP contribution in [0.3, 0.4) is 0 Å². The molecule has 4 aromatic rings. The quantitative estimate of drug-likeness (QED) is 0.367. The first kappa shape index (κ1) is 23.3. The number of hydrogen-bond donors (Lipinski definition) is 1. The Kier molecular flexibility index (Phi) is 5.79. The number of aromatic nitrogens is 5. The fourth-order valence-corrected chi connectivity index (χ4v) is 4.67. The van der Waals surface area contributed by atoms with E-state index in [0.29, 0.717) is 30.0 Å². The summed E-state index contributed by atoms with van der Waals surface area (Å²) in [5.41, 5.74) is 9.62. The molecule has 0 saturated carbocycles. The summed E-state index contributed by atoms with van der Waals surface area (Å²) < 4.78 is 30.9. The summed E-state index contributed by atoms with van der Waals surface area (Å²) in [5, 5.41) is 9.38. The van der Waals surface area contributed by atoms with Crippen LogP contribution in [-0.4, -0.2) is 30.1 Å². The highest BCUT2D eigenvalue weighted by Crippen LogP contribution is 2.36. The first-order chi connectivity index (χ1) is 16.6. The second-order valence-corrected chi connectivity index (χ2v) is 10.3. The van der Waals surface area contributed by atoms with Crippen molar-refractivity contribution in [3.05, 3.63) is 69.8 Å². The van der Waals surface area contributed by atoms with Crippen LogP contribution in [0.5, 0.6) is 11.6 Å². The van der Waals surface area contributed by atoms with E-state index in [1.807, 2.05) is 44.8 Å². The first-order valence-electron chi connectivity index (χ1n) is 11.2. The van der Waals surface area contributed by atoms with Gasteiger partial charge in [-0.3, -0.25) is 4.68 Å². The van der Waals surface area contributed by atoms with Gasteiger partial charge in [-0.1, -0.05) is 6.07 Å². The molecule has 2 N–H and O–H groups in total. The molecule has 0 radical (unpaired) electrons. The molecule has 0 saturated heterocycles. The maximum Gasteiger partial charge on any atom is 0.212 e. The third-order valence-electron chi connectivity index (χ3n) is 5.84. The molecule has 8 nitrogen and oxygen atoms in total. The van der Waals surface area contributed by atoms with Gasteiger partial charge in [0.25, 0.3) is 0 Å². The number of nitrogens with zero attached hydrogens (tertiary/aromatic N) is 5. The average molecular weight is 541 g/mol. The Morgan fingerprint density at radius 1 is 1.26 bits per heavy atom. The number of aryl methyl sites for hydroxylation is 1. The molecule has 1 atom stereocenters. The fraction of sp³-hybridized carbons (Fsp3) is 0.320. The van der Waals surface area contributed by atoms with Crippen molar-refractivity contribution in [2.24, 2.45) is 7.05 Å². The van der Waals surface area contributed by atoms with Crippen LogP contribution in [0.15, 0.2) is 47.2 Å². The van der Waals surface area contributed by atoms with Crippen LogP contribution in [0, 0.1) is 5.82 Å². The predicted octanol–water partition coefficient (Wildman–Crippen LogP) is 5.06. The minimum Gasteiger partial charge on any atom is -0.482 e. The van der Waals surface area contributed by atoms with Crippen LogP contribution in [0.25, 0.3) is 11.3 Å². The Bertz CT molecular complexity index is 1390. The van der Waals surface area contributed by atoms with Gasteiger partial charge in [-0.2, -0.15) is 10.2 Å². The van der Waals surface area contributed by atoms with Crippen molar-refractivity contribution < 1.29 is 13.9 Å². The number of pyridine rings is 1. The Morgan fingerprint density at radius 2 is 2.06 bits per heavy atom. The molecule has 5 rings (SSSR count). The number of nitrogen functional groups attached to an aromatic ring is 1. The van der Waals surface area contributed by atoms with E-state index < -0.39 is 6.10 Å². The smallest absolute Gasteiger partial charge is 0.212 e. The van der Waals surface area contributed by atoms with E-state index in [4.69, 9.17) is 20.3 Å². The molecule has 1 aromatic carbocycles. The lowest BCUT2D eigenvalue weighted by molar-refractivity contribution is 0.135. The zero-order chi connectivity index (χ0) is 24.9. The molecule has 0 fully saturated rings. The third-order valence-corrected chi connectivity index (χ3v) is 6.28. The van der Waals surface area contributed by atoms with Gasteiger partial charge in [-0.15, -0.1) is 0 Å². The largest absolute Gasteiger partial charge is 0.482 e. The molecule has 4 heterocycles.